The molecule has 0 amide bonds. The van der Waals surface area contributed by atoms with Crippen LogP contribution < -0.4 is 10.6 Å². The summed E-state index contributed by atoms with van der Waals surface area (Å²) >= 11 is 0. The molecule has 0 saturated carbocycles. The average Bonchev–Trinajstić information content (AvgIpc) is 3.11. The maximum Gasteiger partial charge on any atom is 0.191 e. The number of rotatable bonds is 6. The highest BCUT2D eigenvalue weighted by molar-refractivity contribution is 14.0. The highest BCUT2D eigenvalue weighted by atomic mass is 127. The van der Waals surface area contributed by atoms with Crippen molar-refractivity contribution in [3.63, 3.8) is 0 Å². The van der Waals surface area contributed by atoms with Gasteiger partial charge in [-0.1, -0.05) is 30.3 Å². The molecule has 1 aromatic rings. The molecule has 1 atom stereocenters. The maximum absolute atomic E-state index is 4.42. The molecule has 3 rings (SSSR count). The fourth-order valence-electron chi connectivity index (χ4n) is 4.09. The lowest BCUT2D eigenvalue weighted by atomic mass is 9.97. The monoisotopic (exact) mass is 485 g/mol. The number of nitrogens with one attached hydrogen (secondary N) is 2. The van der Waals surface area contributed by atoms with Gasteiger partial charge >= 0.3 is 0 Å². The summed E-state index contributed by atoms with van der Waals surface area (Å²) in [5.41, 5.74) is 1.41. The normalized spacial score (nSPS) is 22.4. The molecule has 5 nitrogen and oxygen atoms in total. The lowest BCUT2D eigenvalue weighted by Gasteiger charge is -2.30. The van der Waals surface area contributed by atoms with Crippen LogP contribution in [0.2, 0.25) is 0 Å². The van der Waals surface area contributed by atoms with Gasteiger partial charge in [-0.15, -0.1) is 24.0 Å². The van der Waals surface area contributed by atoms with Gasteiger partial charge in [-0.25, -0.2) is 0 Å². The molecule has 2 fully saturated rings. The van der Waals surface area contributed by atoms with Gasteiger partial charge in [0.05, 0.1) is 0 Å². The summed E-state index contributed by atoms with van der Waals surface area (Å²) in [4.78, 5) is 9.45. The van der Waals surface area contributed by atoms with Crippen molar-refractivity contribution in [2.45, 2.75) is 38.3 Å². The third-order valence-corrected chi connectivity index (χ3v) is 5.85. The van der Waals surface area contributed by atoms with Crippen molar-refractivity contribution in [1.82, 2.24) is 20.4 Å². The Morgan fingerprint density at radius 3 is 2.44 bits per heavy atom. The molecule has 6 heteroatoms. The summed E-state index contributed by atoms with van der Waals surface area (Å²) in [5, 5.41) is 7.11. The number of guanidine groups is 1. The van der Waals surface area contributed by atoms with Gasteiger partial charge in [0.2, 0.25) is 0 Å². The highest BCUT2D eigenvalue weighted by Crippen LogP contribution is 2.19. The fourth-order valence-corrected chi connectivity index (χ4v) is 4.09. The molecule has 0 aliphatic carbocycles. The lowest BCUT2D eigenvalue weighted by Crippen LogP contribution is -2.46. The van der Waals surface area contributed by atoms with Gasteiger partial charge in [0.1, 0.15) is 0 Å². The summed E-state index contributed by atoms with van der Waals surface area (Å²) in [6.07, 6.45) is 5.13. The number of hydrogen-bond donors (Lipinski definition) is 2. The summed E-state index contributed by atoms with van der Waals surface area (Å²) in [7, 11) is 4.09. The van der Waals surface area contributed by atoms with Crippen LogP contribution >= 0.6 is 24.0 Å². The summed E-state index contributed by atoms with van der Waals surface area (Å²) in [6.45, 7) is 6.69. The van der Waals surface area contributed by atoms with Crippen LogP contribution in [-0.2, 0) is 6.54 Å². The zero-order valence-corrected chi connectivity index (χ0v) is 19.2. The minimum atomic E-state index is 0. The number of hydrogen-bond acceptors (Lipinski definition) is 3. The molecule has 0 bridgehead atoms. The van der Waals surface area contributed by atoms with E-state index in [9.17, 15) is 0 Å². The van der Waals surface area contributed by atoms with Gasteiger partial charge in [-0.3, -0.25) is 9.89 Å². The van der Waals surface area contributed by atoms with Gasteiger partial charge in [0, 0.05) is 32.7 Å². The van der Waals surface area contributed by atoms with E-state index < -0.39 is 0 Å². The molecule has 152 valence electrons. The lowest BCUT2D eigenvalue weighted by molar-refractivity contribution is 0.219. The van der Waals surface area contributed by atoms with E-state index in [0.29, 0.717) is 6.04 Å². The van der Waals surface area contributed by atoms with Crippen LogP contribution in [0.15, 0.2) is 35.3 Å². The Hall–Kier alpha value is -0.860. The average molecular weight is 485 g/mol. The van der Waals surface area contributed by atoms with Crippen molar-refractivity contribution in [2.24, 2.45) is 10.9 Å². The van der Waals surface area contributed by atoms with E-state index in [1.165, 1.54) is 50.9 Å². The maximum atomic E-state index is 4.42. The molecule has 0 radical (unpaired) electrons. The molecule has 2 heterocycles. The van der Waals surface area contributed by atoms with Gasteiger partial charge in [0.15, 0.2) is 5.96 Å². The first-order valence-corrected chi connectivity index (χ1v) is 10.2. The molecule has 0 spiro atoms. The third-order valence-electron chi connectivity index (χ3n) is 5.85. The summed E-state index contributed by atoms with van der Waals surface area (Å²) in [6, 6.07) is 11.4. The zero-order valence-electron chi connectivity index (χ0n) is 16.9. The Kier molecular flexibility index (Phi) is 9.86. The first-order valence-electron chi connectivity index (χ1n) is 10.2. The Balaban J connectivity index is 0.00000261. The minimum absolute atomic E-state index is 0. The summed E-state index contributed by atoms with van der Waals surface area (Å²) in [5.74, 6) is 1.72. The van der Waals surface area contributed by atoms with E-state index in [2.05, 4.69) is 62.8 Å². The SMILES string of the molecule is CN=C(NCC1CCN(C)CC1)NCC1CCCN1Cc1ccccc1.I. The van der Waals surface area contributed by atoms with E-state index in [1.54, 1.807) is 0 Å². The fraction of sp³-hybridized carbons (Fsp3) is 0.667. The molecule has 2 saturated heterocycles. The largest absolute Gasteiger partial charge is 0.356 e. The molecule has 1 unspecified atom stereocenters. The Bertz CT molecular complexity index is 557. The van der Waals surface area contributed by atoms with E-state index in [1.807, 2.05) is 7.05 Å². The quantitative estimate of drug-likeness (QED) is 0.370. The first-order chi connectivity index (χ1) is 12.7. The third kappa shape index (κ3) is 7.23. The molecule has 27 heavy (non-hydrogen) atoms. The van der Waals surface area contributed by atoms with Crippen LogP contribution in [0.25, 0.3) is 0 Å². The Morgan fingerprint density at radius 1 is 1.04 bits per heavy atom. The molecule has 1 aromatic carbocycles. The number of piperidine rings is 1. The highest BCUT2D eigenvalue weighted by Gasteiger charge is 2.24. The van der Waals surface area contributed by atoms with Crippen molar-refractivity contribution >= 4 is 29.9 Å². The molecule has 2 aliphatic heterocycles. The molecule has 2 aliphatic rings. The van der Waals surface area contributed by atoms with Gasteiger partial charge in [-0.2, -0.15) is 0 Å². The number of halogens is 1. The Morgan fingerprint density at radius 2 is 1.74 bits per heavy atom. The van der Waals surface area contributed by atoms with Gasteiger partial charge in [-0.05, 0) is 63.8 Å². The number of benzene rings is 1. The van der Waals surface area contributed by atoms with Crippen molar-refractivity contribution < 1.29 is 0 Å². The molecule has 2 N–H and O–H groups in total. The van der Waals surface area contributed by atoms with Crippen molar-refractivity contribution in [1.29, 1.82) is 0 Å². The second kappa shape index (κ2) is 11.9. The molecule has 0 aromatic heterocycles. The van der Waals surface area contributed by atoms with Crippen LogP contribution in [0.4, 0.5) is 0 Å². The van der Waals surface area contributed by atoms with Crippen LogP contribution in [-0.4, -0.2) is 68.6 Å². The Labute approximate surface area is 182 Å². The van der Waals surface area contributed by atoms with Crippen LogP contribution in [0.5, 0.6) is 0 Å². The predicted molar refractivity (Wildman–Crippen MR) is 125 cm³/mol. The van der Waals surface area contributed by atoms with E-state index in [4.69, 9.17) is 0 Å². The minimum Gasteiger partial charge on any atom is -0.356 e. The number of nitrogens with zero attached hydrogens (tertiary/aromatic N) is 3. The molecular weight excluding hydrogens is 449 g/mol. The van der Waals surface area contributed by atoms with Crippen LogP contribution in [0.3, 0.4) is 0 Å². The molecular formula is C21H36IN5. The van der Waals surface area contributed by atoms with E-state index in [0.717, 1.165) is 31.5 Å². The van der Waals surface area contributed by atoms with Crippen LogP contribution in [0.1, 0.15) is 31.2 Å². The zero-order chi connectivity index (χ0) is 18.2. The van der Waals surface area contributed by atoms with Crippen molar-refractivity contribution in [3.8, 4) is 0 Å². The first kappa shape index (κ1) is 22.4. The van der Waals surface area contributed by atoms with E-state index in [-0.39, 0.29) is 24.0 Å². The second-order valence-corrected chi connectivity index (χ2v) is 7.83. The standard InChI is InChI=1S/C21H35N5.HI/c1-22-21(23-15-18-10-13-25(2)14-11-18)24-16-20-9-6-12-26(20)17-19-7-4-3-5-8-19;/h3-5,7-8,18,20H,6,9-17H2,1-2H3,(H2,22,23,24);1H. The van der Waals surface area contributed by atoms with Crippen molar-refractivity contribution in [3.05, 3.63) is 35.9 Å². The van der Waals surface area contributed by atoms with Crippen molar-refractivity contribution in [2.75, 3.05) is 46.8 Å². The second-order valence-electron chi connectivity index (χ2n) is 7.83. The van der Waals surface area contributed by atoms with Crippen LogP contribution in [0, 0.1) is 5.92 Å². The summed E-state index contributed by atoms with van der Waals surface area (Å²) < 4.78 is 0. The van der Waals surface area contributed by atoms with Gasteiger partial charge in [0.25, 0.3) is 0 Å². The topological polar surface area (TPSA) is 42.9 Å². The van der Waals surface area contributed by atoms with Gasteiger partial charge < -0.3 is 15.5 Å². The van der Waals surface area contributed by atoms with E-state index >= 15 is 0 Å². The number of likely N-dealkylation sites (tertiary alicyclic amines) is 2. The smallest absolute Gasteiger partial charge is 0.191 e. The predicted octanol–water partition coefficient (Wildman–Crippen LogP) is 2.78. The number of aliphatic imine (C=N–C) groups is 1.